The molecule has 1 aliphatic heterocycles. The van der Waals surface area contributed by atoms with Crippen LogP contribution in [0.2, 0.25) is 0 Å². The van der Waals surface area contributed by atoms with E-state index in [1.54, 1.807) is 0 Å². The minimum absolute atomic E-state index is 0.0237. The quantitative estimate of drug-likeness (QED) is 0.879. The second-order valence-corrected chi connectivity index (χ2v) is 4.84. The number of carbonyl (C=O) groups is 1. The van der Waals surface area contributed by atoms with Crippen molar-refractivity contribution in [3.63, 3.8) is 0 Å². The van der Waals surface area contributed by atoms with Gasteiger partial charge < -0.3 is 11.1 Å². The molecule has 1 amide bonds. The number of hydrogen-bond donors (Lipinski definition) is 2. The van der Waals surface area contributed by atoms with Gasteiger partial charge >= 0.3 is 0 Å². The summed E-state index contributed by atoms with van der Waals surface area (Å²) in [6.45, 7) is 0.543. The Hall–Kier alpha value is -2.13. The van der Waals surface area contributed by atoms with Crippen molar-refractivity contribution < 1.29 is 4.79 Å². The van der Waals surface area contributed by atoms with Crippen LogP contribution in [-0.2, 0) is 13.0 Å². The summed E-state index contributed by atoms with van der Waals surface area (Å²) in [6, 6.07) is 16.0. The number of amides is 1. The fourth-order valence-electron chi connectivity index (χ4n) is 2.60. The van der Waals surface area contributed by atoms with Gasteiger partial charge in [0.1, 0.15) is 0 Å². The van der Waals surface area contributed by atoms with E-state index in [2.05, 4.69) is 17.4 Å². The van der Waals surface area contributed by atoms with Crippen molar-refractivity contribution in [1.29, 1.82) is 0 Å². The fraction of sp³-hybridized carbons (Fsp3) is 0.188. The lowest BCUT2D eigenvalue weighted by Crippen LogP contribution is -2.20. The Labute approximate surface area is 112 Å². The van der Waals surface area contributed by atoms with E-state index in [1.165, 1.54) is 5.56 Å². The number of hydrogen-bond acceptors (Lipinski definition) is 2. The molecule has 2 aromatic rings. The summed E-state index contributed by atoms with van der Waals surface area (Å²) in [4.78, 5) is 11.9. The molecule has 0 spiro atoms. The van der Waals surface area contributed by atoms with Gasteiger partial charge in [-0.05, 0) is 29.2 Å². The van der Waals surface area contributed by atoms with Gasteiger partial charge in [-0.25, -0.2) is 0 Å². The zero-order chi connectivity index (χ0) is 13.2. The van der Waals surface area contributed by atoms with Crippen molar-refractivity contribution in [2.24, 2.45) is 5.73 Å². The maximum Gasteiger partial charge on any atom is 0.252 e. The lowest BCUT2D eigenvalue weighted by Gasteiger charge is -2.12. The van der Waals surface area contributed by atoms with E-state index in [0.717, 1.165) is 23.1 Å². The number of fused-ring (bicyclic) bond motifs is 1. The fourth-order valence-corrected chi connectivity index (χ4v) is 2.60. The van der Waals surface area contributed by atoms with E-state index in [0.29, 0.717) is 6.54 Å². The third-order valence-electron chi connectivity index (χ3n) is 3.55. The predicted molar refractivity (Wildman–Crippen MR) is 74.7 cm³/mol. The molecule has 19 heavy (non-hydrogen) atoms. The monoisotopic (exact) mass is 252 g/mol. The molecular weight excluding hydrogens is 236 g/mol. The standard InChI is InChI=1S/C16H16N2O/c17-10-12-5-3-4-11(8-12)9-15-13-6-1-2-7-14(13)16(19)18-15/h1-8,15H,9-10,17H2,(H,18,19). The first kappa shape index (κ1) is 11.9. The molecule has 3 rings (SSSR count). The van der Waals surface area contributed by atoms with E-state index < -0.39 is 0 Å². The van der Waals surface area contributed by atoms with Gasteiger partial charge in [0.25, 0.3) is 5.91 Å². The van der Waals surface area contributed by atoms with Gasteiger partial charge in [0.05, 0.1) is 6.04 Å². The Morgan fingerprint density at radius 2 is 1.84 bits per heavy atom. The van der Waals surface area contributed by atoms with E-state index in [1.807, 2.05) is 36.4 Å². The maximum atomic E-state index is 11.9. The number of carbonyl (C=O) groups excluding carboxylic acids is 1. The average molecular weight is 252 g/mol. The van der Waals surface area contributed by atoms with Crippen LogP contribution in [0.15, 0.2) is 48.5 Å². The molecule has 0 saturated carbocycles. The number of nitrogens with one attached hydrogen (secondary N) is 1. The first-order valence-corrected chi connectivity index (χ1v) is 6.45. The van der Waals surface area contributed by atoms with Gasteiger partial charge in [-0.1, -0.05) is 42.5 Å². The molecule has 0 bridgehead atoms. The summed E-state index contributed by atoms with van der Waals surface area (Å²) < 4.78 is 0. The predicted octanol–water partition coefficient (Wildman–Crippen LogP) is 2.17. The van der Waals surface area contributed by atoms with E-state index in [9.17, 15) is 4.79 Å². The molecule has 1 atom stereocenters. The SMILES string of the molecule is NCc1cccc(CC2NC(=O)c3ccccc32)c1. The van der Waals surface area contributed by atoms with Crippen LogP contribution in [0.25, 0.3) is 0 Å². The minimum Gasteiger partial charge on any atom is -0.345 e. The molecule has 1 aliphatic rings. The number of nitrogens with two attached hydrogens (primary N) is 1. The molecule has 3 nitrogen and oxygen atoms in total. The van der Waals surface area contributed by atoms with Crippen molar-refractivity contribution in [1.82, 2.24) is 5.32 Å². The third kappa shape index (κ3) is 2.25. The van der Waals surface area contributed by atoms with Crippen molar-refractivity contribution in [3.05, 3.63) is 70.8 Å². The van der Waals surface area contributed by atoms with Gasteiger partial charge in [0.2, 0.25) is 0 Å². The molecule has 0 saturated heterocycles. The number of rotatable bonds is 3. The van der Waals surface area contributed by atoms with Crippen molar-refractivity contribution in [2.45, 2.75) is 19.0 Å². The van der Waals surface area contributed by atoms with Crippen molar-refractivity contribution in [3.8, 4) is 0 Å². The summed E-state index contributed by atoms with van der Waals surface area (Å²) in [5.41, 5.74) is 9.86. The molecule has 3 N–H and O–H groups in total. The van der Waals surface area contributed by atoms with E-state index in [4.69, 9.17) is 5.73 Å². The van der Waals surface area contributed by atoms with Crippen LogP contribution in [0.3, 0.4) is 0 Å². The largest absolute Gasteiger partial charge is 0.345 e. The van der Waals surface area contributed by atoms with Gasteiger partial charge in [-0.3, -0.25) is 4.79 Å². The van der Waals surface area contributed by atoms with Crippen LogP contribution >= 0.6 is 0 Å². The van der Waals surface area contributed by atoms with Gasteiger partial charge in [0.15, 0.2) is 0 Å². The molecule has 0 aromatic heterocycles. The maximum absolute atomic E-state index is 11.9. The second kappa shape index (κ2) is 4.86. The summed E-state index contributed by atoms with van der Waals surface area (Å²) in [7, 11) is 0. The molecule has 1 heterocycles. The minimum atomic E-state index is 0.0237. The number of benzene rings is 2. The highest BCUT2D eigenvalue weighted by Gasteiger charge is 2.27. The highest BCUT2D eigenvalue weighted by molar-refractivity contribution is 5.99. The molecule has 96 valence electrons. The Bertz CT molecular complexity index is 622. The van der Waals surface area contributed by atoms with E-state index in [-0.39, 0.29) is 11.9 Å². The smallest absolute Gasteiger partial charge is 0.252 e. The average Bonchev–Trinajstić information content (AvgIpc) is 2.76. The van der Waals surface area contributed by atoms with Gasteiger partial charge in [0, 0.05) is 12.1 Å². The van der Waals surface area contributed by atoms with Crippen LogP contribution in [0.4, 0.5) is 0 Å². The lowest BCUT2D eigenvalue weighted by molar-refractivity contribution is 0.0956. The lowest BCUT2D eigenvalue weighted by atomic mass is 9.98. The summed E-state index contributed by atoms with van der Waals surface area (Å²) in [5, 5.41) is 3.04. The van der Waals surface area contributed by atoms with Gasteiger partial charge in [-0.15, -0.1) is 0 Å². The second-order valence-electron chi connectivity index (χ2n) is 4.84. The zero-order valence-electron chi connectivity index (χ0n) is 10.6. The highest BCUT2D eigenvalue weighted by atomic mass is 16.2. The van der Waals surface area contributed by atoms with Crippen LogP contribution in [0.1, 0.15) is 33.1 Å². The summed E-state index contributed by atoms with van der Waals surface area (Å²) in [6.07, 6.45) is 0.802. The Morgan fingerprint density at radius 1 is 1.05 bits per heavy atom. The van der Waals surface area contributed by atoms with Crippen molar-refractivity contribution in [2.75, 3.05) is 0 Å². The molecule has 1 unspecified atom stereocenters. The molecular formula is C16H16N2O. The molecule has 3 heteroatoms. The molecule has 0 fully saturated rings. The first-order valence-electron chi connectivity index (χ1n) is 6.45. The molecule has 0 aliphatic carbocycles. The molecule has 2 aromatic carbocycles. The Balaban J connectivity index is 1.87. The van der Waals surface area contributed by atoms with Gasteiger partial charge in [-0.2, -0.15) is 0 Å². The molecule has 0 radical (unpaired) electrons. The Kier molecular flexibility index (Phi) is 3.05. The summed E-state index contributed by atoms with van der Waals surface area (Å²) in [5.74, 6) is 0.0237. The van der Waals surface area contributed by atoms with Crippen LogP contribution in [0, 0.1) is 0 Å². The topological polar surface area (TPSA) is 55.1 Å². The normalized spacial score (nSPS) is 17.1. The van der Waals surface area contributed by atoms with Crippen LogP contribution in [-0.4, -0.2) is 5.91 Å². The van der Waals surface area contributed by atoms with Crippen LogP contribution < -0.4 is 11.1 Å². The van der Waals surface area contributed by atoms with E-state index >= 15 is 0 Å². The third-order valence-corrected chi connectivity index (χ3v) is 3.55. The Morgan fingerprint density at radius 3 is 2.68 bits per heavy atom. The highest BCUT2D eigenvalue weighted by Crippen LogP contribution is 2.28. The first-order chi connectivity index (χ1) is 9.28. The zero-order valence-corrected chi connectivity index (χ0v) is 10.6. The summed E-state index contributed by atoms with van der Waals surface area (Å²) >= 11 is 0. The van der Waals surface area contributed by atoms with Crippen molar-refractivity contribution >= 4 is 5.91 Å². The van der Waals surface area contributed by atoms with Crippen LogP contribution in [0.5, 0.6) is 0 Å².